The van der Waals surface area contributed by atoms with E-state index < -0.39 is 21.5 Å². The number of rotatable bonds is 2. The zero-order valence-electron chi connectivity index (χ0n) is 28.8. The number of carbonyl (C=O) groups excluding carboxylic acids is 1. The minimum absolute atomic E-state index is 0.0793. The number of hydrogen-bond donors (Lipinski definition) is 3. The van der Waals surface area contributed by atoms with Crippen molar-refractivity contribution >= 4 is 38.8 Å². The van der Waals surface area contributed by atoms with Gasteiger partial charge in [-0.1, -0.05) is 31.0 Å². The molecule has 1 unspecified atom stereocenters. The third kappa shape index (κ3) is 6.86. The van der Waals surface area contributed by atoms with E-state index in [9.17, 15) is 14.1 Å². The molecule has 2 aromatic carbocycles. The average molecular weight is 714 g/mol. The molecular weight excluding hydrogens is 662 g/mol. The van der Waals surface area contributed by atoms with Crippen LogP contribution in [0.5, 0.6) is 5.75 Å². The summed E-state index contributed by atoms with van der Waals surface area (Å²) in [7, 11) is -2.94. The quantitative estimate of drug-likeness (QED) is 0.368. The lowest BCUT2D eigenvalue weighted by atomic mass is 9.64. The van der Waals surface area contributed by atoms with E-state index in [4.69, 9.17) is 31.5 Å². The number of nitrogens with two attached hydrogens (primary N) is 1. The third-order valence-corrected chi connectivity index (χ3v) is 14.8. The maximum absolute atomic E-state index is 13.9. The summed E-state index contributed by atoms with van der Waals surface area (Å²) in [5, 5.41) is 10.3. The lowest BCUT2D eigenvalue weighted by molar-refractivity contribution is -0.249. The number of anilines is 1. The highest BCUT2D eigenvalue weighted by Crippen LogP contribution is 2.49. The summed E-state index contributed by atoms with van der Waals surface area (Å²) >= 11 is 6.47. The summed E-state index contributed by atoms with van der Waals surface area (Å²) in [6, 6.07) is 11.9. The maximum atomic E-state index is 13.9. The average Bonchev–Trinajstić information content (AvgIpc) is 3.22. The summed E-state index contributed by atoms with van der Waals surface area (Å²) in [6.45, 7) is 6.41. The molecule has 0 aromatic heterocycles. The first-order chi connectivity index (χ1) is 23.4. The molecule has 1 amide bonds. The predicted molar refractivity (Wildman–Crippen MR) is 195 cm³/mol. The predicted octanol–water partition coefficient (Wildman–Crippen LogP) is 5.09. The van der Waals surface area contributed by atoms with E-state index in [-0.39, 0.29) is 48.2 Å². The van der Waals surface area contributed by atoms with Crippen molar-refractivity contribution in [3.8, 4) is 5.75 Å². The molecule has 11 heteroatoms. The lowest BCUT2D eigenvalue weighted by Gasteiger charge is -2.49. The number of nitrogens with zero attached hydrogens (tertiary/aromatic N) is 1. The highest BCUT2D eigenvalue weighted by molar-refractivity contribution is 7.99. The standard InChI is InChI=1S/C38H52ClN3O6S/c1-24-6-4-8-31(36-47-22-38(40,20-43)23-48-36)30-12-9-28(30)18-42-19-37(15-5-7-26-16-29(39)11-13-32(26)37)21-46-34-14-10-27(17-33(34)42)35(44)41-49(3,45)25(24)2/h10-11,13-14,16-17,24-25,28,30-31,36,43H,3-9,12,15,18-23,40H2,1-2H3,(H,41,44,45)/t24-,25+,28-,30+,31-,36?,37-,38?,49?/m0/s1. The van der Waals surface area contributed by atoms with Gasteiger partial charge in [-0.25, -0.2) is 4.21 Å². The van der Waals surface area contributed by atoms with Crippen molar-refractivity contribution in [3.05, 3.63) is 58.1 Å². The van der Waals surface area contributed by atoms with Crippen molar-refractivity contribution in [1.29, 1.82) is 0 Å². The second kappa shape index (κ2) is 13.7. The Balaban J connectivity index is 1.27. The van der Waals surface area contributed by atoms with Crippen LogP contribution in [-0.2, 0) is 31.0 Å². The van der Waals surface area contributed by atoms with Gasteiger partial charge < -0.3 is 30.0 Å². The number of aliphatic hydroxyl groups is 1. The number of hydrogen-bond acceptors (Lipinski definition) is 8. The fourth-order valence-electron chi connectivity index (χ4n) is 8.99. The molecule has 7 rings (SSSR count). The van der Waals surface area contributed by atoms with E-state index in [1.165, 1.54) is 11.1 Å². The third-order valence-electron chi connectivity index (χ3n) is 12.4. The number of halogens is 1. The topological polar surface area (TPSA) is 123 Å². The van der Waals surface area contributed by atoms with Gasteiger partial charge in [0.05, 0.1) is 47.4 Å². The second-order valence-corrected chi connectivity index (χ2v) is 18.6. The summed E-state index contributed by atoms with van der Waals surface area (Å²) in [6.07, 6.45) is 7.45. The van der Waals surface area contributed by atoms with Gasteiger partial charge in [-0.3, -0.25) is 9.52 Å². The molecule has 2 aliphatic carbocycles. The van der Waals surface area contributed by atoms with E-state index in [1.54, 1.807) is 6.07 Å². The van der Waals surface area contributed by atoms with Crippen LogP contribution in [-0.4, -0.2) is 77.7 Å². The zero-order valence-corrected chi connectivity index (χ0v) is 30.4. The SMILES string of the molecule is C=S1(=O)NC(=O)c2ccc3c(c2)N(C[C@@H]2CC[C@H]2[C@@H](C2OCC(N)(CO)CO2)CCC[C@H](C)[C@H]1C)C[C@@]1(CCCc2cc(Cl)ccc21)CO3. The molecule has 4 N–H and O–H groups in total. The Morgan fingerprint density at radius 3 is 2.59 bits per heavy atom. The van der Waals surface area contributed by atoms with Crippen molar-refractivity contribution in [1.82, 2.24) is 4.72 Å². The molecule has 3 aliphatic heterocycles. The number of aliphatic hydroxyl groups excluding tert-OH is 1. The number of fused-ring (bicyclic) bond motifs is 4. The van der Waals surface area contributed by atoms with Gasteiger partial charge in [0.25, 0.3) is 5.91 Å². The Morgan fingerprint density at radius 1 is 1.06 bits per heavy atom. The Bertz CT molecular complexity index is 1660. The summed E-state index contributed by atoms with van der Waals surface area (Å²) in [5.74, 6) is 5.40. The van der Waals surface area contributed by atoms with Gasteiger partial charge in [0, 0.05) is 40.3 Å². The number of aryl methyl sites for hydroxylation is 1. The molecule has 49 heavy (non-hydrogen) atoms. The van der Waals surface area contributed by atoms with Gasteiger partial charge in [-0.05, 0) is 117 Å². The van der Waals surface area contributed by atoms with Crippen LogP contribution in [0.1, 0.15) is 80.3 Å². The summed E-state index contributed by atoms with van der Waals surface area (Å²) in [5.41, 5.74) is 9.10. The molecule has 3 heterocycles. The first-order valence-electron chi connectivity index (χ1n) is 18.0. The van der Waals surface area contributed by atoms with Crippen LogP contribution in [0.15, 0.2) is 36.4 Å². The molecule has 5 aliphatic rings. The first-order valence-corrected chi connectivity index (χ1v) is 20.2. The van der Waals surface area contributed by atoms with Crippen molar-refractivity contribution < 1.29 is 28.3 Å². The number of benzene rings is 2. The van der Waals surface area contributed by atoms with E-state index in [0.29, 0.717) is 24.0 Å². The minimum Gasteiger partial charge on any atom is -0.490 e. The number of amides is 1. The highest BCUT2D eigenvalue weighted by atomic mass is 35.5. The summed E-state index contributed by atoms with van der Waals surface area (Å²) < 4.78 is 36.0. The number of ether oxygens (including phenoxy) is 3. The zero-order chi connectivity index (χ0) is 34.6. The van der Waals surface area contributed by atoms with Gasteiger partial charge in [-0.2, -0.15) is 0 Å². The Labute approximate surface area is 296 Å². The lowest BCUT2D eigenvalue weighted by Crippen LogP contribution is -2.59. The molecule has 268 valence electrons. The van der Waals surface area contributed by atoms with Crippen molar-refractivity contribution in [2.24, 2.45) is 29.4 Å². The molecule has 9 nitrogen and oxygen atoms in total. The van der Waals surface area contributed by atoms with Crippen LogP contribution in [0.4, 0.5) is 5.69 Å². The van der Waals surface area contributed by atoms with Crippen LogP contribution in [0.2, 0.25) is 5.02 Å². The molecule has 2 fully saturated rings. The maximum Gasteiger partial charge on any atom is 0.262 e. The molecule has 1 saturated heterocycles. The second-order valence-electron chi connectivity index (χ2n) is 15.7. The van der Waals surface area contributed by atoms with Gasteiger partial charge in [0.1, 0.15) is 5.75 Å². The largest absolute Gasteiger partial charge is 0.490 e. The van der Waals surface area contributed by atoms with Crippen molar-refractivity contribution in [2.75, 3.05) is 44.4 Å². The fourth-order valence-corrected chi connectivity index (χ4v) is 10.7. The minimum atomic E-state index is -2.94. The van der Waals surface area contributed by atoms with E-state index >= 15 is 0 Å². The molecule has 1 saturated carbocycles. The fraction of sp³-hybridized carbons (Fsp3) is 0.632. The molecular formula is C38H52ClN3O6S. The van der Waals surface area contributed by atoms with Crippen LogP contribution >= 0.6 is 11.6 Å². The Morgan fingerprint density at radius 2 is 1.86 bits per heavy atom. The van der Waals surface area contributed by atoms with Crippen LogP contribution in [0.25, 0.3) is 0 Å². The molecule has 1 spiro atoms. The van der Waals surface area contributed by atoms with Crippen molar-refractivity contribution in [3.63, 3.8) is 0 Å². The van der Waals surface area contributed by atoms with Crippen LogP contribution in [0.3, 0.4) is 0 Å². The normalized spacial score (nSPS) is 38.3. The van der Waals surface area contributed by atoms with Gasteiger partial charge >= 0.3 is 0 Å². The van der Waals surface area contributed by atoms with Crippen molar-refractivity contribution in [2.45, 2.75) is 87.7 Å². The summed E-state index contributed by atoms with van der Waals surface area (Å²) in [4.78, 5) is 16.2. The van der Waals surface area contributed by atoms with Crippen LogP contribution < -0.4 is 20.1 Å². The smallest absolute Gasteiger partial charge is 0.262 e. The molecule has 0 radical (unpaired) electrons. The number of nitrogens with one attached hydrogen (secondary N) is 1. The van der Waals surface area contributed by atoms with E-state index in [2.05, 4.69) is 34.5 Å². The van der Waals surface area contributed by atoms with E-state index in [0.717, 1.165) is 80.9 Å². The van der Waals surface area contributed by atoms with Crippen LogP contribution in [0, 0.1) is 23.7 Å². The van der Waals surface area contributed by atoms with Gasteiger partial charge in [0.2, 0.25) is 0 Å². The first kappa shape index (κ1) is 35.1. The van der Waals surface area contributed by atoms with Gasteiger partial charge in [0.15, 0.2) is 6.29 Å². The molecule has 7 atom stereocenters. The number of carbonyl (C=O) groups is 1. The Hall–Kier alpha value is -2.34. The monoisotopic (exact) mass is 713 g/mol. The Kier molecular flexibility index (Phi) is 9.78. The van der Waals surface area contributed by atoms with Gasteiger partial charge in [-0.15, -0.1) is 0 Å². The highest BCUT2D eigenvalue weighted by Gasteiger charge is 2.47. The molecule has 2 bridgehead atoms. The van der Waals surface area contributed by atoms with E-state index in [1.807, 2.05) is 25.1 Å². The molecule has 2 aromatic rings.